The highest BCUT2D eigenvalue weighted by molar-refractivity contribution is 5.86. The first-order chi connectivity index (χ1) is 9.06. The summed E-state index contributed by atoms with van der Waals surface area (Å²) in [5.41, 5.74) is 10.0. The van der Waals surface area contributed by atoms with E-state index < -0.39 is 0 Å². The van der Waals surface area contributed by atoms with Gasteiger partial charge in [0.15, 0.2) is 5.65 Å². The third kappa shape index (κ3) is 1.83. The van der Waals surface area contributed by atoms with E-state index in [-0.39, 0.29) is 0 Å². The average Bonchev–Trinajstić information content (AvgIpc) is 2.76. The van der Waals surface area contributed by atoms with E-state index in [1.54, 1.807) is 6.20 Å². The molecule has 1 aromatic carbocycles. The lowest BCUT2D eigenvalue weighted by Gasteiger charge is -2.08. The van der Waals surface area contributed by atoms with Crippen LogP contribution in [0.1, 0.15) is 17.0 Å². The van der Waals surface area contributed by atoms with E-state index in [1.165, 1.54) is 5.56 Å². The normalized spacial score (nSPS) is 11.1. The van der Waals surface area contributed by atoms with Gasteiger partial charge in [-0.25, -0.2) is 14.6 Å². The lowest BCUT2D eigenvalue weighted by atomic mass is 10.1. The highest BCUT2D eigenvalue weighted by Gasteiger charge is 2.12. The summed E-state index contributed by atoms with van der Waals surface area (Å²) < 4.78 is 1.82. The molecule has 0 radical (unpaired) electrons. The Bertz CT molecular complexity index is 773. The molecule has 5 nitrogen and oxygen atoms in total. The van der Waals surface area contributed by atoms with E-state index in [0.29, 0.717) is 11.6 Å². The molecular formula is C14H15N5. The van der Waals surface area contributed by atoms with E-state index in [9.17, 15) is 0 Å². The Hall–Kier alpha value is -2.43. The van der Waals surface area contributed by atoms with Crippen LogP contribution >= 0.6 is 0 Å². The number of rotatable bonds is 1. The topological polar surface area (TPSA) is 69.6 Å². The van der Waals surface area contributed by atoms with Crippen molar-refractivity contribution in [2.75, 3.05) is 5.73 Å². The van der Waals surface area contributed by atoms with Gasteiger partial charge in [-0.15, -0.1) is 0 Å². The summed E-state index contributed by atoms with van der Waals surface area (Å²) >= 11 is 0. The number of hydrogen-bond acceptors (Lipinski definition) is 4. The Morgan fingerprint density at radius 3 is 2.68 bits per heavy atom. The second kappa shape index (κ2) is 4.05. The van der Waals surface area contributed by atoms with E-state index in [2.05, 4.69) is 47.1 Å². The van der Waals surface area contributed by atoms with Crippen molar-refractivity contribution >= 4 is 16.9 Å². The summed E-state index contributed by atoms with van der Waals surface area (Å²) in [6.45, 7) is 5.94. The van der Waals surface area contributed by atoms with Gasteiger partial charge in [0, 0.05) is 0 Å². The molecule has 5 heteroatoms. The molecule has 2 heterocycles. The molecule has 0 amide bonds. The monoisotopic (exact) mass is 253 g/mol. The molecule has 96 valence electrons. The van der Waals surface area contributed by atoms with Crippen molar-refractivity contribution in [3.8, 4) is 5.69 Å². The summed E-state index contributed by atoms with van der Waals surface area (Å²) in [6.07, 6.45) is 1.71. The second-order valence-corrected chi connectivity index (χ2v) is 4.74. The molecule has 0 aliphatic carbocycles. The van der Waals surface area contributed by atoms with E-state index in [0.717, 1.165) is 22.3 Å². The smallest absolute Gasteiger partial charge is 0.168 e. The standard InChI is InChI=1S/C14H15N5/c1-8-4-5-9(2)12(6-8)19-14-11(7-16-19)13(15)17-10(3)18-14/h4-7H,1-3H3,(H2,15,17,18). The number of nitrogens with zero attached hydrogens (tertiary/aromatic N) is 4. The lowest BCUT2D eigenvalue weighted by Crippen LogP contribution is -2.03. The van der Waals surface area contributed by atoms with Gasteiger partial charge < -0.3 is 5.73 Å². The molecular weight excluding hydrogens is 238 g/mol. The molecule has 2 N–H and O–H groups in total. The Balaban J connectivity index is 2.34. The number of benzene rings is 1. The first-order valence-electron chi connectivity index (χ1n) is 6.12. The first kappa shape index (κ1) is 11.6. The minimum Gasteiger partial charge on any atom is -0.383 e. The van der Waals surface area contributed by atoms with Crippen molar-refractivity contribution in [1.82, 2.24) is 19.7 Å². The minimum absolute atomic E-state index is 0.471. The Morgan fingerprint density at radius 1 is 1.11 bits per heavy atom. The van der Waals surface area contributed by atoms with Crippen molar-refractivity contribution < 1.29 is 0 Å². The Morgan fingerprint density at radius 2 is 1.89 bits per heavy atom. The van der Waals surface area contributed by atoms with Crippen LogP contribution in [0, 0.1) is 20.8 Å². The number of fused-ring (bicyclic) bond motifs is 1. The van der Waals surface area contributed by atoms with E-state index in [4.69, 9.17) is 5.73 Å². The maximum Gasteiger partial charge on any atom is 0.168 e. The van der Waals surface area contributed by atoms with Gasteiger partial charge in [-0.05, 0) is 38.0 Å². The molecule has 0 saturated heterocycles. The van der Waals surface area contributed by atoms with E-state index >= 15 is 0 Å². The predicted molar refractivity (Wildman–Crippen MR) is 75.3 cm³/mol. The molecule has 0 aliphatic rings. The average molecular weight is 253 g/mol. The summed E-state index contributed by atoms with van der Waals surface area (Å²) in [4.78, 5) is 8.62. The van der Waals surface area contributed by atoms with Gasteiger partial charge in [0.1, 0.15) is 11.6 Å². The number of anilines is 1. The maximum atomic E-state index is 5.91. The summed E-state index contributed by atoms with van der Waals surface area (Å²) in [5.74, 6) is 1.12. The van der Waals surface area contributed by atoms with E-state index in [1.807, 2.05) is 11.6 Å². The largest absolute Gasteiger partial charge is 0.383 e. The molecule has 2 aromatic heterocycles. The third-order valence-corrected chi connectivity index (χ3v) is 3.16. The molecule has 3 rings (SSSR count). The van der Waals surface area contributed by atoms with Gasteiger partial charge in [-0.2, -0.15) is 5.10 Å². The number of aromatic nitrogens is 4. The first-order valence-corrected chi connectivity index (χ1v) is 6.12. The molecule has 0 fully saturated rings. The van der Waals surface area contributed by atoms with Crippen LogP contribution in [0.2, 0.25) is 0 Å². The van der Waals surface area contributed by atoms with Crippen molar-refractivity contribution in [3.63, 3.8) is 0 Å². The predicted octanol–water partition coefficient (Wildman–Crippen LogP) is 2.32. The molecule has 0 atom stereocenters. The minimum atomic E-state index is 0.471. The summed E-state index contributed by atoms with van der Waals surface area (Å²) in [6, 6.07) is 6.25. The summed E-state index contributed by atoms with van der Waals surface area (Å²) in [7, 11) is 0. The van der Waals surface area contributed by atoms with Crippen LogP contribution in [0.25, 0.3) is 16.7 Å². The van der Waals surface area contributed by atoms with Gasteiger partial charge in [0.25, 0.3) is 0 Å². The van der Waals surface area contributed by atoms with Crippen molar-refractivity contribution in [2.45, 2.75) is 20.8 Å². The molecule has 0 spiro atoms. The van der Waals surface area contributed by atoms with Crippen LogP contribution in [-0.4, -0.2) is 19.7 Å². The molecule has 19 heavy (non-hydrogen) atoms. The maximum absolute atomic E-state index is 5.91. The number of nitrogen functional groups attached to an aromatic ring is 1. The van der Waals surface area contributed by atoms with Gasteiger partial charge in [-0.1, -0.05) is 12.1 Å². The molecule has 0 bridgehead atoms. The Labute approximate surface area is 111 Å². The van der Waals surface area contributed by atoms with Gasteiger partial charge >= 0.3 is 0 Å². The van der Waals surface area contributed by atoms with Crippen LogP contribution < -0.4 is 5.73 Å². The molecule has 3 aromatic rings. The van der Waals surface area contributed by atoms with Crippen LogP contribution in [0.5, 0.6) is 0 Å². The molecule has 0 saturated carbocycles. The second-order valence-electron chi connectivity index (χ2n) is 4.74. The van der Waals surface area contributed by atoms with Crippen molar-refractivity contribution in [2.24, 2.45) is 0 Å². The zero-order chi connectivity index (χ0) is 13.6. The Kier molecular flexibility index (Phi) is 2.48. The fourth-order valence-electron chi connectivity index (χ4n) is 2.17. The fraction of sp³-hybridized carbons (Fsp3) is 0.214. The zero-order valence-electron chi connectivity index (χ0n) is 11.2. The molecule has 0 aliphatic heterocycles. The SMILES string of the molecule is Cc1ccc(C)c(-n2ncc3c(N)nc(C)nc32)c1. The third-order valence-electron chi connectivity index (χ3n) is 3.16. The van der Waals surface area contributed by atoms with Crippen LogP contribution in [0.4, 0.5) is 5.82 Å². The highest BCUT2D eigenvalue weighted by Crippen LogP contribution is 2.23. The van der Waals surface area contributed by atoms with Crippen molar-refractivity contribution in [3.05, 3.63) is 41.3 Å². The van der Waals surface area contributed by atoms with Gasteiger partial charge in [-0.3, -0.25) is 0 Å². The van der Waals surface area contributed by atoms with Crippen LogP contribution in [-0.2, 0) is 0 Å². The quantitative estimate of drug-likeness (QED) is 0.722. The number of nitrogens with two attached hydrogens (primary N) is 1. The highest BCUT2D eigenvalue weighted by atomic mass is 15.3. The lowest BCUT2D eigenvalue weighted by molar-refractivity contribution is 0.881. The fourth-order valence-corrected chi connectivity index (χ4v) is 2.17. The molecule has 0 unspecified atom stereocenters. The number of hydrogen-bond donors (Lipinski definition) is 1. The van der Waals surface area contributed by atoms with Gasteiger partial charge in [0.2, 0.25) is 0 Å². The summed E-state index contributed by atoms with van der Waals surface area (Å²) in [5, 5.41) is 5.19. The van der Waals surface area contributed by atoms with Gasteiger partial charge in [0.05, 0.1) is 17.3 Å². The van der Waals surface area contributed by atoms with Crippen molar-refractivity contribution in [1.29, 1.82) is 0 Å². The van der Waals surface area contributed by atoms with Crippen LogP contribution in [0.3, 0.4) is 0 Å². The zero-order valence-corrected chi connectivity index (χ0v) is 11.2. The number of aryl methyl sites for hydroxylation is 3. The van der Waals surface area contributed by atoms with Crippen LogP contribution in [0.15, 0.2) is 24.4 Å².